The molecule has 0 fully saturated rings. The van der Waals surface area contributed by atoms with E-state index >= 15 is 0 Å². The Bertz CT molecular complexity index is 361. The zero-order valence-electron chi connectivity index (χ0n) is 10.8. The molecule has 1 aromatic heterocycles. The van der Waals surface area contributed by atoms with Crippen molar-refractivity contribution in [3.63, 3.8) is 0 Å². The van der Waals surface area contributed by atoms with Gasteiger partial charge in [-0.2, -0.15) is 21.7 Å². The smallest absolute Gasteiger partial charge is 0.225 e. The normalized spacial score (nSPS) is 12.2. The monoisotopic (exact) mass is 256 g/mol. The molecule has 1 aromatic rings. The molecule has 1 heterocycles. The van der Waals surface area contributed by atoms with E-state index in [0.29, 0.717) is 11.9 Å². The lowest BCUT2D eigenvalue weighted by atomic mass is 10.2. The van der Waals surface area contributed by atoms with Crippen molar-refractivity contribution in [2.45, 2.75) is 19.4 Å². The van der Waals surface area contributed by atoms with E-state index in [1.54, 1.807) is 13.2 Å². The van der Waals surface area contributed by atoms with Gasteiger partial charge in [0.2, 0.25) is 11.8 Å². The lowest BCUT2D eigenvalue weighted by molar-refractivity contribution is 0.397. The van der Waals surface area contributed by atoms with Gasteiger partial charge in [0.05, 0.1) is 7.11 Å². The van der Waals surface area contributed by atoms with Crippen LogP contribution in [0.4, 0.5) is 11.8 Å². The van der Waals surface area contributed by atoms with Crippen molar-refractivity contribution in [1.29, 1.82) is 0 Å². The Balaban J connectivity index is 2.80. The molecule has 0 radical (unpaired) electrons. The third-order valence-corrected chi connectivity index (χ3v) is 3.32. The number of nitrogen functional groups attached to an aromatic ring is 1. The number of ether oxygens (including phenoxy) is 1. The van der Waals surface area contributed by atoms with E-state index in [9.17, 15) is 0 Å². The minimum atomic E-state index is 0.239. The first-order chi connectivity index (χ1) is 8.08. The minimum absolute atomic E-state index is 0.239. The molecule has 0 saturated heterocycles. The maximum Gasteiger partial charge on any atom is 0.225 e. The van der Waals surface area contributed by atoms with Gasteiger partial charge in [0, 0.05) is 19.2 Å². The van der Waals surface area contributed by atoms with Crippen molar-refractivity contribution >= 4 is 23.5 Å². The van der Waals surface area contributed by atoms with Crippen LogP contribution in [0.1, 0.15) is 13.3 Å². The van der Waals surface area contributed by atoms with E-state index in [2.05, 4.69) is 28.0 Å². The first-order valence-corrected chi connectivity index (χ1v) is 6.88. The minimum Gasteiger partial charge on any atom is -0.481 e. The zero-order valence-corrected chi connectivity index (χ0v) is 11.6. The summed E-state index contributed by atoms with van der Waals surface area (Å²) in [5.74, 6) is 2.66. The summed E-state index contributed by atoms with van der Waals surface area (Å²) in [6, 6.07) is 2.20. The summed E-state index contributed by atoms with van der Waals surface area (Å²) >= 11 is 1.84. The SMILES string of the molecule is COc1cc(N(C)C(C)CCSC)nc(N)n1. The highest BCUT2D eigenvalue weighted by Crippen LogP contribution is 2.20. The molecule has 1 atom stereocenters. The molecule has 96 valence electrons. The molecule has 0 bridgehead atoms. The van der Waals surface area contributed by atoms with Gasteiger partial charge in [-0.05, 0) is 25.4 Å². The van der Waals surface area contributed by atoms with Crippen LogP contribution in [-0.2, 0) is 0 Å². The molecule has 0 spiro atoms. The van der Waals surface area contributed by atoms with Crippen molar-refractivity contribution in [2.24, 2.45) is 0 Å². The Hall–Kier alpha value is -1.17. The van der Waals surface area contributed by atoms with Gasteiger partial charge in [0.25, 0.3) is 0 Å². The molecule has 6 heteroatoms. The van der Waals surface area contributed by atoms with Gasteiger partial charge >= 0.3 is 0 Å². The molecule has 0 aliphatic heterocycles. The molecular formula is C11H20N4OS. The maximum absolute atomic E-state index is 5.64. The highest BCUT2D eigenvalue weighted by molar-refractivity contribution is 7.98. The number of anilines is 2. The van der Waals surface area contributed by atoms with Gasteiger partial charge in [-0.25, -0.2) is 0 Å². The second kappa shape index (κ2) is 6.54. The average molecular weight is 256 g/mol. The summed E-state index contributed by atoms with van der Waals surface area (Å²) in [4.78, 5) is 10.3. The number of hydrogen-bond donors (Lipinski definition) is 1. The maximum atomic E-state index is 5.64. The fourth-order valence-electron chi connectivity index (χ4n) is 1.42. The predicted octanol–water partition coefficient (Wildman–Crippen LogP) is 1.65. The number of nitrogens with zero attached hydrogens (tertiary/aromatic N) is 3. The predicted molar refractivity (Wildman–Crippen MR) is 73.9 cm³/mol. The lowest BCUT2D eigenvalue weighted by Crippen LogP contribution is -2.30. The third kappa shape index (κ3) is 3.96. The second-order valence-corrected chi connectivity index (χ2v) is 4.85. The summed E-state index contributed by atoms with van der Waals surface area (Å²) in [5.41, 5.74) is 5.64. The Kier molecular flexibility index (Phi) is 5.34. The van der Waals surface area contributed by atoms with Crippen molar-refractivity contribution in [3.8, 4) is 5.88 Å². The summed E-state index contributed by atoms with van der Waals surface area (Å²) in [6.45, 7) is 2.17. The van der Waals surface area contributed by atoms with Crippen molar-refractivity contribution < 1.29 is 4.74 Å². The molecule has 0 aromatic carbocycles. The van der Waals surface area contributed by atoms with Gasteiger partial charge in [-0.3, -0.25) is 0 Å². The van der Waals surface area contributed by atoms with E-state index in [0.717, 1.165) is 18.0 Å². The fourth-order valence-corrected chi connectivity index (χ4v) is 2.00. The molecule has 2 N–H and O–H groups in total. The van der Waals surface area contributed by atoms with Crippen LogP contribution < -0.4 is 15.4 Å². The van der Waals surface area contributed by atoms with Crippen LogP contribution >= 0.6 is 11.8 Å². The van der Waals surface area contributed by atoms with Crippen molar-refractivity contribution in [2.75, 3.05) is 36.8 Å². The topological polar surface area (TPSA) is 64.3 Å². The van der Waals surface area contributed by atoms with Gasteiger partial charge in [0.1, 0.15) is 5.82 Å². The largest absolute Gasteiger partial charge is 0.481 e. The Labute approximate surface area is 107 Å². The molecule has 1 rings (SSSR count). The van der Waals surface area contributed by atoms with Crippen LogP contribution in [0.25, 0.3) is 0 Å². The third-order valence-electron chi connectivity index (χ3n) is 2.68. The lowest BCUT2D eigenvalue weighted by Gasteiger charge is -2.26. The highest BCUT2D eigenvalue weighted by atomic mass is 32.2. The van der Waals surface area contributed by atoms with Crippen LogP contribution in [0.2, 0.25) is 0 Å². The molecule has 1 unspecified atom stereocenters. The second-order valence-electron chi connectivity index (χ2n) is 3.87. The van der Waals surface area contributed by atoms with Crippen LogP contribution in [0, 0.1) is 0 Å². The summed E-state index contributed by atoms with van der Waals surface area (Å²) in [7, 11) is 3.58. The van der Waals surface area contributed by atoms with Gasteiger partial charge < -0.3 is 15.4 Å². The highest BCUT2D eigenvalue weighted by Gasteiger charge is 2.13. The number of rotatable bonds is 6. The molecule has 5 nitrogen and oxygen atoms in total. The van der Waals surface area contributed by atoms with Crippen molar-refractivity contribution in [3.05, 3.63) is 6.07 Å². The summed E-state index contributed by atoms with van der Waals surface area (Å²) in [6.07, 6.45) is 3.21. The van der Waals surface area contributed by atoms with Crippen molar-refractivity contribution in [1.82, 2.24) is 9.97 Å². The number of thioether (sulfide) groups is 1. The Morgan fingerprint density at radius 2 is 2.24 bits per heavy atom. The van der Waals surface area contributed by atoms with Crippen LogP contribution in [-0.4, -0.2) is 42.2 Å². The quantitative estimate of drug-likeness (QED) is 0.835. The molecule has 0 aliphatic rings. The average Bonchev–Trinajstić information content (AvgIpc) is 2.34. The van der Waals surface area contributed by atoms with E-state index < -0.39 is 0 Å². The standard InChI is InChI=1S/C11H20N4OS/c1-8(5-6-17-4)15(2)9-7-10(16-3)14-11(12)13-9/h7-8H,5-6H2,1-4H3,(H2,12,13,14). The van der Waals surface area contributed by atoms with Gasteiger partial charge in [0.15, 0.2) is 0 Å². The van der Waals surface area contributed by atoms with Crippen LogP contribution in [0.3, 0.4) is 0 Å². The van der Waals surface area contributed by atoms with E-state index in [4.69, 9.17) is 10.5 Å². The number of methoxy groups -OCH3 is 1. The number of aromatic nitrogens is 2. The number of hydrogen-bond acceptors (Lipinski definition) is 6. The van der Waals surface area contributed by atoms with E-state index in [-0.39, 0.29) is 5.95 Å². The van der Waals surface area contributed by atoms with Crippen LogP contribution in [0.15, 0.2) is 6.07 Å². The van der Waals surface area contributed by atoms with Gasteiger partial charge in [-0.15, -0.1) is 0 Å². The number of nitrogens with two attached hydrogens (primary N) is 1. The first kappa shape index (κ1) is 13.9. The molecule has 0 amide bonds. The van der Waals surface area contributed by atoms with E-state index in [1.807, 2.05) is 18.8 Å². The Morgan fingerprint density at radius 3 is 2.82 bits per heavy atom. The fraction of sp³-hybridized carbons (Fsp3) is 0.636. The zero-order chi connectivity index (χ0) is 12.8. The Morgan fingerprint density at radius 1 is 1.53 bits per heavy atom. The molecule has 17 heavy (non-hydrogen) atoms. The molecule has 0 aliphatic carbocycles. The van der Waals surface area contributed by atoms with E-state index in [1.165, 1.54) is 0 Å². The summed E-state index contributed by atoms with van der Waals surface area (Å²) < 4.78 is 5.08. The van der Waals surface area contributed by atoms with Crippen LogP contribution in [0.5, 0.6) is 5.88 Å². The molecule has 0 saturated carbocycles. The van der Waals surface area contributed by atoms with Gasteiger partial charge in [-0.1, -0.05) is 0 Å². The summed E-state index contributed by atoms with van der Waals surface area (Å²) in [5, 5.41) is 0. The first-order valence-electron chi connectivity index (χ1n) is 5.48. The molecular weight excluding hydrogens is 236 g/mol.